The summed E-state index contributed by atoms with van der Waals surface area (Å²) >= 11 is 7.44. The highest BCUT2D eigenvalue weighted by Gasteiger charge is 2.23. The molecule has 1 fully saturated rings. The summed E-state index contributed by atoms with van der Waals surface area (Å²) in [4.78, 5) is 40.4. The molecule has 0 spiro atoms. The molecule has 4 rings (SSSR count). The van der Waals surface area contributed by atoms with Crippen LogP contribution in [0.3, 0.4) is 0 Å². The standard InChI is InChI=1S/C24H31ClN7O5PS/c1-4-36-38(34,35)37-13-12-31-8-10-32(11-9-31)21-14-20(27-17(3)28-21)29-24-26-15-19(39-24)23(33)30-22-16(2)6-5-7-18(22)25/h5-7,14-15H,4,8-13H2,1-3H3,(H,30,33)(H,34,35)(H,26,27,28,29). The topological polar surface area (TPSA) is 142 Å². The van der Waals surface area contributed by atoms with Gasteiger partial charge in [-0.15, -0.1) is 0 Å². The molecule has 3 heterocycles. The first-order valence-electron chi connectivity index (χ1n) is 12.4. The summed E-state index contributed by atoms with van der Waals surface area (Å²) < 4.78 is 21.4. The molecular formula is C24H31ClN7O5PS. The predicted molar refractivity (Wildman–Crippen MR) is 152 cm³/mol. The fraction of sp³-hybridized carbons (Fsp3) is 0.417. The number of carbonyl (C=O) groups excluding carboxylic acids is 1. The number of aromatic nitrogens is 3. The van der Waals surface area contributed by atoms with Crippen LogP contribution in [0.1, 0.15) is 28.0 Å². The van der Waals surface area contributed by atoms with E-state index in [9.17, 15) is 14.3 Å². The maximum absolute atomic E-state index is 12.8. The van der Waals surface area contributed by atoms with Crippen molar-refractivity contribution in [1.82, 2.24) is 19.9 Å². The third kappa shape index (κ3) is 8.18. The molecule has 0 saturated carbocycles. The number of amides is 1. The van der Waals surface area contributed by atoms with Gasteiger partial charge in [0.15, 0.2) is 5.13 Å². The van der Waals surface area contributed by atoms with Gasteiger partial charge in [-0.1, -0.05) is 35.1 Å². The number of thiazole rings is 1. The van der Waals surface area contributed by atoms with Gasteiger partial charge >= 0.3 is 7.82 Å². The predicted octanol–water partition coefficient (Wildman–Crippen LogP) is 4.47. The van der Waals surface area contributed by atoms with Crippen LogP contribution in [0, 0.1) is 13.8 Å². The average molecular weight is 596 g/mol. The van der Waals surface area contributed by atoms with Crippen molar-refractivity contribution < 1.29 is 23.3 Å². The fourth-order valence-electron chi connectivity index (χ4n) is 3.98. The Morgan fingerprint density at radius 1 is 1.21 bits per heavy atom. The molecule has 210 valence electrons. The molecule has 1 aliphatic rings. The third-order valence-corrected chi connectivity index (χ3v) is 8.22. The highest BCUT2D eigenvalue weighted by Crippen LogP contribution is 2.42. The van der Waals surface area contributed by atoms with E-state index in [0.717, 1.165) is 37.6 Å². The van der Waals surface area contributed by atoms with Crippen LogP contribution < -0.4 is 15.5 Å². The average Bonchev–Trinajstić information content (AvgIpc) is 3.35. The summed E-state index contributed by atoms with van der Waals surface area (Å²) in [6, 6.07) is 7.29. The minimum Gasteiger partial charge on any atom is -0.354 e. The third-order valence-electron chi connectivity index (χ3n) is 5.90. The second-order valence-electron chi connectivity index (χ2n) is 8.75. The van der Waals surface area contributed by atoms with Crippen LogP contribution in [0.25, 0.3) is 0 Å². The smallest absolute Gasteiger partial charge is 0.354 e. The van der Waals surface area contributed by atoms with Crippen molar-refractivity contribution in [2.45, 2.75) is 20.8 Å². The number of hydrogen-bond donors (Lipinski definition) is 3. The van der Waals surface area contributed by atoms with Crippen molar-refractivity contribution in [3.05, 3.63) is 51.7 Å². The molecule has 1 aliphatic heterocycles. The Balaban J connectivity index is 1.33. The molecular weight excluding hydrogens is 565 g/mol. The normalized spacial score (nSPS) is 15.7. The van der Waals surface area contributed by atoms with Crippen LogP contribution in [0.2, 0.25) is 5.02 Å². The molecule has 39 heavy (non-hydrogen) atoms. The second-order valence-corrected chi connectivity index (χ2v) is 11.6. The number of phosphoric ester groups is 1. The summed E-state index contributed by atoms with van der Waals surface area (Å²) in [5.41, 5.74) is 1.45. The maximum atomic E-state index is 12.8. The van der Waals surface area contributed by atoms with Crippen LogP contribution in [0.4, 0.5) is 22.5 Å². The van der Waals surface area contributed by atoms with Gasteiger partial charge in [0.2, 0.25) is 0 Å². The van der Waals surface area contributed by atoms with E-state index in [2.05, 4.69) is 35.4 Å². The van der Waals surface area contributed by atoms with Gasteiger partial charge in [0.05, 0.1) is 30.1 Å². The highest BCUT2D eigenvalue weighted by atomic mass is 35.5. The molecule has 0 aliphatic carbocycles. The second kappa shape index (κ2) is 13.1. The monoisotopic (exact) mass is 595 g/mol. The maximum Gasteiger partial charge on any atom is 0.472 e. The Kier molecular flexibility index (Phi) is 9.89. The van der Waals surface area contributed by atoms with Crippen molar-refractivity contribution in [3.8, 4) is 0 Å². The van der Waals surface area contributed by atoms with Crippen LogP contribution in [-0.2, 0) is 13.6 Å². The fourth-order valence-corrected chi connectivity index (χ4v) is 5.68. The van der Waals surface area contributed by atoms with Gasteiger partial charge in [-0.25, -0.2) is 19.5 Å². The summed E-state index contributed by atoms with van der Waals surface area (Å²) in [7, 11) is -3.98. The largest absolute Gasteiger partial charge is 0.472 e. The minimum absolute atomic E-state index is 0.111. The van der Waals surface area contributed by atoms with Gasteiger partial charge in [-0.2, -0.15) is 0 Å². The Hall–Kier alpha value is -2.64. The zero-order chi connectivity index (χ0) is 28.0. The van der Waals surface area contributed by atoms with Gasteiger partial charge in [0, 0.05) is 38.8 Å². The lowest BCUT2D eigenvalue weighted by atomic mass is 10.2. The molecule has 3 aromatic rings. The number of hydrogen-bond acceptors (Lipinski definition) is 11. The van der Waals surface area contributed by atoms with Crippen LogP contribution in [0.5, 0.6) is 0 Å². The van der Waals surface area contributed by atoms with Crippen molar-refractivity contribution in [2.75, 3.05) is 61.5 Å². The van der Waals surface area contributed by atoms with E-state index in [1.54, 1.807) is 13.0 Å². The number of benzene rings is 1. The van der Waals surface area contributed by atoms with Gasteiger partial charge < -0.3 is 20.4 Å². The first-order chi connectivity index (χ1) is 18.6. The molecule has 2 aromatic heterocycles. The molecule has 0 radical (unpaired) electrons. The Morgan fingerprint density at radius 3 is 2.69 bits per heavy atom. The number of halogens is 1. The van der Waals surface area contributed by atoms with Gasteiger partial charge in [0.1, 0.15) is 22.3 Å². The number of aryl methyl sites for hydroxylation is 2. The number of nitrogens with one attached hydrogen (secondary N) is 2. The van der Waals surface area contributed by atoms with Crippen LogP contribution >= 0.6 is 30.8 Å². The van der Waals surface area contributed by atoms with E-state index in [4.69, 9.17) is 20.6 Å². The van der Waals surface area contributed by atoms with E-state index < -0.39 is 7.82 Å². The molecule has 1 unspecified atom stereocenters. The molecule has 1 saturated heterocycles. The summed E-state index contributed by atoms with van der Waals surface area (Å²) in [5.74, 6) is 1.66. The number of anilines is 4. The van der Waals surface area contributed by atoms with Gasteiger partial charge in [-0.05, 0) is 32.4 Å². The Labute approximate surface area is 236 Å². The quantitative estimate of drug-likeness (QED) is 0.270. The number of phosphoric acid groups is 1. The molecule has 0 bridgehead atoms. The van der Waals surface area contributed by atoms with E-state index in [1.807, 2.05) is 32.0 Å². The molecule has 15 heteroatoms. The number of carbonyl (C=O) groups is 1. The highest BCUT2D eigenvalue weighted by molar-refractivity contribution is 7.47. The zero-order valence-electron chi connectivity index (χ0n) is 21.9. The lowest BCUT2D eigenvalue weighted by molar-refractivity contribution is 0.103. The number of piperazine rings is 1. The lowest BCUT2D eigenvalue weighted by Crippen LogP contribution is -2.47. The van der Waals surface area contributed by atoms with Crippen molar-refractivity contribution in [3.63, 3.8) is 0 Å². The lowest BCUT2D eigenvalue weighted by Gasteiger charge is -2.35. The molecule has 1 amide bonds. The van der Waals surface area contributed by atoms with Crippen LogP contribution in [0.15, 0.2) is 30.5 Å². The first-order valence-corrected chi connectivity index (χ1v) is 15.1. The molecule has 3 N–H and O–H groups in total. The minimum atomic E-state index is -3.98. The van der Waals surface area contributed by atoms with Crippen molar-refractivity contribution in [1.29, 1.82) is 0 Å². The van der Waals surface area contributed by atoms with Crippen molar-refractivity contribution in [2.24, 2.45) is 0 Å². The number of nitrogens with zero attached hydrogens (tertiary/aromatic N) is 5. The zero-order valence-corrected chi connectivity index (χ0v) is 24.4. The number of rotatable bonds is 11. The summed E-state index contributed by atoms with van der Waals surface area (Å²) in [6.45, 7) is 9.02. The van der Waals surface area contributed by atoms with Gasteiger partial charge in [0.25, 0.3) is 5.91 Å². The summed E-state index contributed by atoms with van der Waals surface area (Å²) in [5, 5.41) is 7.04. The van der Waals surface area contributed by atoms with E-state index >= 15 is 0 Å². The molecule has 1 atom stereocenters. The van der Waals surface area contributed by atoms with E-state index in [-0.39, 0.29) is 19.1 Å². The molecule has 12 nitrogen and oxygen atoms in total. The van der Waals surface area contributed by atoms with Gasteiger partial charge in [-0.3, -0.25) is 18.7 Å². The SMILES string of the molecule is CCOP(=O)(O)OCCN1CCN(c2cc(Nc3ncc(C(=O)Nc4c(C)cccc4Cl)s3)nc(C)n2)CC1. The Bertz CT molecular complexity index is 1330. The first kappa shape index (κ1) is 29.3. The van der Waals surface area contributed by atoms with E-state index in [0.29, 0.717) is 38.9 Å². The Morgan fingerprint density at radius 2 is 1.97 bits per heavy atom. The number of para-hydroxylation sites is 1. The molecule has 1 aromatic carbocycles. The van der Waals surface area contributed by atoms with E-state index in [1.165, 1.54) is 17.5 Å². The van der Waals surface area contributed by atoms with Crippen LogP contribution in [-0.4, -0.2) is 76.6 Å². The van der Waals surface area contributed by atoms with Crippen molar-refractivity contribution >= 4 is 59.1 Å². The summed E-state index contributed by atoms with van der Waals surface area (Å²) in [6.07, 6.45) is 1.51.